The van der Waals surface area contributed by atoms with Crippen molar-refractivity contribution < 1.29 is 9.90 Å². The van der Waals surface area contributed by atoms with Gasteiger partial charge >= 0.3 is 5.97 Å². The molecule has 0 atom stereocenters. The van der Waals surface area contributed by atoms with Gasteiger partial charge < -0.3 is 5.11 Å². The van der Waals surface area contributed by atoms with Crippen molar-refractivity contribution in [2.24, 2.45) is 0 Å². The number of carbonyl (C=O) groups is 1. The smallest absolute Gasteiger partial charge is 0.357 e. The number of fused-ring (bicyclic) bond motifs is 1. The van der Waals surface area contributed by atoms with E-state index in [0.29, 0.717) is 15.9 Å². The molecule has 3 aromatic rings. The van der Waals surface area contributed by atoms with Crippen LogP contribution in [0, 0.1) is 0 Å². The van der Waals surface area contributed by atoms with Crippen molar-refractivity contribution in [3.05, 3.63) is 47.0 Å². The van der Waals surface area contributed by atoms with Crippen LogP contribution in [0.1, 0.15) is 10.5 Å². The van der Waals surface area contributed by atoms with E-state index in [1.807, 2.05) is 12.1 Å². The number of hydrogen-bond donors (Lipinski definition) is 1. The SMILES string of the molecule is O=C(O)c1nc2ccc(-c3cccnc3)nn2c1Br. The van der Waals surface area contributed by atoms with E-state index in [4.69, 9.17) is 5.11 Å². The van der Waals surface area contributed by atoms with E-state index >= 15 is 0 Å². The van der Waals surface area contributed by atoms with Gasteiger partial charge in [-0.05, 0) is 40.2 Å². The maximum atomic E-state index is 11.0. The molecule has 3 rings (SSSR count). The number of hydrogen-bond acceptors (Lipinski definition) is 4. The van der Waals surface area contributed by atoms with Crippen LogP contribution < -0.4 is 0 Å². The van der Waals surface area contributed by atoms with Gasteiger partial charge in [-0.2, -0.15) is 5.10 Å². The first-order chi connectivity index (χ1) is 9.16. The van der Waals surface area contributed by atoms with Crippen molar-refractivity contribution in [1.82, 2.24) is 19.6 Å². The van der Waals surface area contributed by atoms with Crippen molar-refractivity contribution in [2.75, 3.05) is 0 Å². The van der Waals surface area contributed by atoms with Crippen LogP contribution in [0.25, 0.3) is 16.9 Å². The van der Waals surface area contributed by atoms with Gasteiger partial charge in [0.2, 0.25) is 0 Å². The van der Waals surface area contributed by atoms with Gasteiger partial charge in [-0.3, -0.25) is 4.98 Å². The molecule has 0 saturated carbocycles. The Labute approximate surface area is 115 Å². The summed E-state index contributed by atoms with van der Waals surface area (Å²) in [6, 6.07) is 7.18. The van der Waals surface area contributed by atoms with Crippen LogP contribution in [-0.4, -0.2) is 30.7 Å². The molecule has 7 heteroatoms. The van der Waals surface area contributed by atoms with Crippen LogP contribution in [0.2, 0.25) is 0 Å². The second kappa shape index (κ2) is 4.43. The molecule has 0 aliphatic heterocycles. The summed E-state index contributed by atoms with van der Waals surface area (Å²) in [4.78, 5) is 19.0. The highest BCUT2D eigenvalue weighted by molar-refractivity contribution is 9.10. The molecular weight excluding hydrogens is 312 g/mol. The summed E-state index contributed by atoms with van der Waals surface area (Å²) in [5.74, 6) is -1.10. The first-order valence-corrected chi connectivity index (χ1v) is 6.15. The van der Waals surface area contributed by atoms with E-state index in [1.54, 1.807) is 24.5 Å². The Morgan fingerprint density at radius 2 is 2.16 bits per heavy atom. The standard InChI is InChI=1S/C12H7BrN4O2/c13-11-10(12(18)19)15-9-4-3-8(16-17(9)11)7-2-1-5-14-6-7/h1-6H,(H,18,19). The van der Waals surface area contributed by atoms with E-state index in [-0.39, 0.29) is 5.69 Å². The fraction of sp³-hybridized carbons (Fsp3) is 0. The molecule has 94 valence electrons. The number of nitrogens with zero attached hydrogens (tertiary/aromatic N) is 4. The third kappa shape index (κ3) is 1.97. The van der Waals surface area contributed by atoms with Crippen molar-refractivity contribution in [1.29, 1.82) is 0 Å². The Balaban J connectivity index is 2.21. The van der Waals surface area contributed by atoms with Gasteiger partial charge in [0, 0.05) is 18.0 Å². The minimum Gasteiger partial charge on any atom is -0.476 e. The van der Waals surface area contributed by atoms with Crippen molar-refractivity contribution in [2.45, 2.75) is 0 Å². The summed E-state index contributed by atoms with van der Waals surface area (Å²) in [7, 11) is 0. The molecular formula is C12H7BrN4O2. The van der Waals surface area contributed by atoms with Crippen LogP contribution in [0.5, 0.6) is 0 Å². The number of imidazole rings is 1. The fourth-order valence-electron chi connectivity index (χ4n) is 1.71. The van der Waals surface area contributed by atoms with Crippen molar-refractivity contribution in [3.63, 3.8) is 0 Å². The zero-order valence-corrected chi connectivity index (χ0v) is 11.1. The molecule has 1 N–H and O–H groups in total. The van der Waals surface area contributed by atoms with Gasteiger partial charge in [0.1, 0.15) is 4.60 Å². The summed E-state index contributed by atoms with van der Waals surface area (Å²) in [5.41, 5.74) is 1.95. The molecule has 6 nitrogen and oxygen atoms in total. The van der Waals surface area contributed by atoms with E-state index in [9.17, 15) is 4.79 Å². The summed E-state index contributed by atoms with van der Waals surface area (Å²) < 4.78 is 1.77. The highest BCUT2D eigenvalue weighted by Gasteiger charge is 2.17. The normalized spacial score (nSPS) is 10.8. The maximum Gasteiger partial charge on any atom is 0.357 e. The maximum absolute atomic E-state index is 11.0. The van der Waals surface area contributed by atoms with Gasteiger partial charge in [-0.1, -0.05) is 0 Å². The molecule has 0 aliphatic carbocycles. The average Bonchev–Trinajstić information content (AvgIpc) is 2.77. The average molecular weight is 319 g/mol. The second-order valence-electron chi connectivity index (χ2n) is 3.79. The molecule has 0 aliphatic rings. The van der Waals surface area contributed by atoms with Crippen LogP contribution in [-0.2, 0) is 0 Å². The first-order valence-electron chi connectivity index (χ1n) is 5.36. The van der Waals surface area contributed by atoms with Gasteiger partial charge in [0.05, 0.1) is 5.69 Å². The highest BCUT2D eigenvalue weighted by atomic mass is 79.9. The van der Waals surface area contributed by atoms with Crippen LogP contribution in [0.3, 0.4) is 0 Å². The Kier molecular flexibility index (Phi) is 2.75. The molecule has 19 heavy (non-hydrogen) atoms. The minimum atomic E-state index is -1.10. The number of rotatable bonds is 2. The van der Waals surface area contributed by atoms with Crippen LogP contribution in [0.4, 0.5) is 0 Å². The largest absolute Gasteiger partial charge is 0.476 e. The van der Waals surface area contributed by atoms with Crippen molar-refractivity contribution >= 4 is 27.5 Å². The second-order valence-corrected chi connectivity index (χ2v) is 4.54. The topological polar surface area (TPSA) is 80.4 Å². The number of halogens is 1. The number of carboxylic acids is 1. The molecule has 0 fully saturated rings. The monoisotopic (exact) mass is 318 g/mol. The van der Waals surface area contributed by atoms with Gasteiger partial charge in [-0.15, -0.1) is 0 Å². The highest BCUT2D eigenvalue weighted by Crippen LogP contribution is 2.21. The van der Waals surface area contributed by atoms with Crippen LogP contribution >= 0.6 is 15.9 Å². The van der Waals surface area contributed by atoms with Crippen molar-refractivity contribution in [3.8, 4) is 11.3 Å². The molecule has 0 saturated heterocycles. The van der Waals surface area contributed by atoms with Crippen LogP contribution in [0.15, 0.2) is 41.3 Å². The molecule has 0 amide bonds. The zero-order valence-electron chi connectivity index (χ0n) is 9.49. The number of aromatic nitrogens is 4. The number of carboxylic acid groups (broad SMARTS) is 1. The molecule has 0 spiro atoms. The van der Waals surface area contributed by atoms with Gasteiger partial charge in [-0.25, -0.2) is 14.3 Å². The first kappa shape index (κ1) is 11.8. The summed E-state index contributed by atoms with van der Waals surface area (Å²) in [5, 5.41) is 13.4. The molecule has 0 aromatic carbocycles. The molecule has 0 unspecified atom stereocenters. The summed E-state index contributed by atoms with van der Waals surface area (Å²) in [6.45, 7) is 0. The van der Waals surface area contributed by atoms with Gasteiger partial charge in [0.15, 0.2) is 11.3 Å². The lowest BCUT2D eigenvalue weighted by molar-refractivity contribution is 0.0690. The Bertz CT molecular complexity index is 770. The molecule has 3 heterocycles. The van der Waals surface area contributed by atoms with E-state index in [1.165, 1.54) is 4.52 Å². The lowest BCUT2D eigenvalue weighted by Gasteiger charge is -2.01. The number of aromatic carboxylic acids is 1. The minimum absolute atomic E-state index is 0.0594. The van der Waals surface area contributed by atoms with E-state index in [2.05, 4.69) is 31.0 Å². The molecule has 0 bridgehead atoms. The summed E-state index contributed by atoms with van der Waals surface area (Å²) in [6.07, 6.45) is 3.37. The lowest BCUT2D eigenvalue weighted by Crippen LogP contribution is -1.98. The zero-order chi connectivity index (χ0) is 13.4. The predicted molar refractivity (Wildman–Crippen MR) is 70.9 cm³/mol. The number of pyridine rings is 1. The Morgan fingerprint density at radius 1 is 1.32 bits per heavy atom. The Hall–Kier alpha value is -2.28. The quantitative estimate of drug-likeness (QED) is 0.783. The summed E-state index contributed by atoms with van der Waals surface area (Å²) >= 11 is 3.20. The predicted octanol–water partition coefficient (Wildman–Crippen LogP) is 2.25. The fourth-order valence-corrected chi connectivity index (χ4v) is 2.23. The molecule has 0 radical (unpaired) electrons. The lowest BCUT2D eigenvalue weighted by atomic mass is 10.2. The van der Waals surface area contributed by atoms with E-state index in [0.717, 1.165) is 5.56 Å². The Morgan fingerprint density at radius 3 is 2.84 bits per heavy atom. The third-order valence-corrected chi connectivity index (χ3v) is 3.29. The van der Waals surface area contributed by atoms with E-state index < -0.39 is 5.97 Å². The molecule has 3 aromatic heterocycles. The van der Waals surface area contributed by atoms with Gasteiger partial charge in [0.25, 0.3) is 0 Å². The third-order valence-electron chi connectivity index (χ3n) is 2.58.